The number of halogens is 1. The molecule has 0 aliphatic heterocycles. The van der Waals surface area contributed by atoms with Crippen LogP contribution in [0.5, 0.6) is 0 Å². The van der Waals surface area contributed by atoms with Crippen molar-refractivity contribution in [1.29, 1.82) is 0 Å². The van der Waals surface area contributed by atoms with E-state index in [1.54, 1.807) is 28.2 Å². The Morgan fingerprint density at radius 1 is 1.24 bits per heavy atom. The van der Waals surface area contributed by atoms with E-state index in [0.29, 0.717) is 6.54 Å². The molecule has 0 aliphatic rings. The van der Waals surface area contributed by atoms with Gasteiger partial charge in [0.15, 0.2) is 5.13 Å². The number of nitrogens with one attached hydrogen (secondary N) is 1. The summed E-state index contributed by atoms with van der Waals surface area (Å²) in [4.78, 5) is 5.58. The Bertz CT molecular complexity index is 745. The number of rotatable bonds is 4. The fraction of sp³-hybridized carbons (Fsp3) is 0.200. The summed E-state index contributed by atoms with van der Waals surface area (Å²) in [6, 6.07) is 8.43. The van der Waals surface area contributed by atoms with Crippen LogP contribution < -0.4 is 5.32 Å². The molecule has 0 unspecified atom stereocenters. The first-order valence-corrected chi connectivity index (χ1v) is 7.39. The van der Waals surface area contributed by atoms with E-state index < -0.39 is 0 Å². The lowest BCUT2D eigenvalue weighted by Gasteiger charge is -2.02. The maximum atomic E-state index is 12.9. The lowest BCUT2D eigenvalue weighted by molar-refractivity contribution is 0.627. The summed E-state index contributed by atoms with van der Waals surface area (Å²) >= 11 is 1.58. The maximum Gasteiger partial charge on any atom is 0.183 e. The number of benzene rings is 1. The Hall–Kier alpha value is -2.21. The van der Waals surface area contributed by atoms with Crippen molar-refractivity contribution in [3.63, 3.8) is 0 Å². The summed E-state index contributed by atoms with van der Waals surface area (Å²) in [5.41, 5.74) is 2.91. The molecular weight excluding hydrogens is 287 g/mol. The SMILES string of the molecule is Cc1nc(NCc2ccc(F)cc2)sc1-c1ccn(C)n1. The lowest BCUT2D eigenvalue weighted by atomic mass is 10.2. The van der Waals surface area contributed by atoms with Crippen molar-refractivity contribution in [1.82, 2.24) is 14.8 Å². The first-order chi connectivity index (χ1) is 10.1. The Labute approximate surface area is 126 Å². The largest absolute Gasteiger partial charge is 0.357 e. The van der Waals surface area contributed by atoms with E-state index in [1.165, 1.54) is 12.1 Å². The minimum absolute atomic E-state index is 0.221. The summed E-state index contributed by atoms with van der Waals surface area (Å²) in [5.74, 6) is -0.221. The van der Waals surface area contributed by atoms with Crippen molar-refractivity contribution >= 4 is 16.5 Å². The van der Waals surface area contributed by atoms with E-state index in [1.807, 2.05) is 26.2 Å². The summed E-state index contributed by atoms with van der Waals surface area (Å²) in [5, 5.41) is 8.51. The first kappa shape index (κ1) is 13.8. The Balaban J connectivity index is 1.73. The topological polar surface area (TPSA) is 42.7 Å². The van der Waals surface area contributed by atoms with Gasteiger partial charge in [-0.05, 0) is 30.7 Å². The fourth-order valence-corrected chi connectivity index (χ4v) is 2.95. The monoisotopic (exact) mass is 302 g/mol. The van der Waals surface area contributed by atoms with Gasteiger partial charge in [0.2, 0.25) is 0 Å². The minimum Gasteiger partial charge on any atom is -0.357 e. The average Bonchev–Trinajstić information content (AvgIpc) is 3.04. The van der Waals surface area contributed by atoms with Crippen LogP contribution in [0.4, 0.5) is 9.52 Å². The first-order valence-electron chi connectivity index (χ1n) is 6.57. The van der Waals surface area contributed by atoms with Crippen LogP contribution in [0.3, 0.4) is 0 Å². The third-order valence-electron chi connectivity index (χ3n) is 3.10. The molecule has 3 rings (SSSR count). The van der Waals surface area contributed by atoms with Gasteiger partial charge in [0.05, 0.1) is 10.6 Å². The van der Waals surface area contributed by atoms with Gasteiger partial charge >= 0.3 is 0 Å². The summed E-state index contributed by atoms with van der Waals surface area (Å²) in [7, 11) is 1.90. The van der Waals surface area contributed by atoms with Crippen molar-refractivity contribution in [2.24, 2.45) is 7.05 Å². The number of hydrogen-bond acceptors (Lipinski definition) is 4. The van der Waals surface area contributed by atoms with Gasteiger partial charge in [-0.1, -0.05) is 23.5 Å². The highest BCUT2D eigenvalue weighted by atomic mass is 32.1. The average molecular weight is 302 g/mol. The predicted molar refractivity (Wildman–Crippen MR) is 82.8 cm³/mol. The van der Waals surface area contributed by atoms with Crippen LogP contribution in [-0.2, 0) is 13.6 Å². The highest BCUT2D eigenvalue weighted by Crippen LogP contribution is 2.31. The van der Waals surface area contributed by atoms with Crippen LogP contribution in [0.1, 0.15) is 11.3 Å². The Morgan fingerprint density at radius 2 is 2.00 bits per heavy atom. The predicted octanol–water partition coefficient (Wildman–Crippen LogP) is 3.60. The molecular formula is C15H15FN4S. The van der Waals surface area contributed by atoms with Crippen molar-refractivity contribution in [2.75, 3.05) is 5.32 Å². The molecule has 0 atom stereocenters. The third-order valence-corrected chi connectivity index (χ3v) is 4.24. The number of nitrogens with zero attached hydrogens (tertiary/aromatic N) is 3. The highest BCUT2D eigenvalue weighted by molar-refractivity contribution is 7.19. The molecule has 0 amide bonds. The lowest BCUT2D eigenvalue weighted by Crippen LogP contribution is -1.98. The molecule has 4 nitrogen and oxygen atoms in total. The fourth-order valence-electron chi connectivity index (χ4n) is 2.03. The van der Waals surface area contributed by atoms with E-state index >= 15 is 0 Å². The number of anilines is 1. The van der Waals surface area contributed by atoms with Gasteiger partial charge < -0.3 is 5.32 Å². The van der Waals surface area contributed by atoms with Gasteiger partial charge in [0.25, 0.3) is 0 Å². The molecule has 2 heterocycles. The summed E-state index contributed by atoms with van der Waals surface area (Å²) in [6.45, 7) is 2.60. The van der Waals surface area contributed by atoms with E-state index in [2.05, 4.69) is 15.4 Å². The van der Waals surface area contributed by atoms with Gasteiger partial charge in [-0.2, -0.15) is 5.10 Å². The van der Waals surface area contributed by atoms with Crippen molar-refractivity contribution in [2.45, 2.75) is 13.5 Å². The molecule has 0 saturated heterocycles. The maximum absolute atomic E-state index is 12.9. The Kier molecular flexibility index (Phi) is 3.70. The molecule has 2 aromatic heterocycles. The molecule has 0 spiro atoms. The molecule has 3 aromatic rings. The van der Waals surface area contributed by atoms with E-state index in [9.17, 15) is 4.39 Å². The van der Waals surface area contributed by atoms with Crippen molar-refractivity contribution < 1.29 is 4.39 Å². The van der Waals surface area contributed by atoms with Crippen molar-refractivity contribution in [3.8, 4) is 10.6 Å². The van der Waals surface area contributed by atoms with Crippen LogP contribution in [0.15, 0.2) is 36.5 Å². The van der Waals surface area contributed by atoms with Crippen LogP contribution in [0.25, 0.3) is 10.6 Å². The van der Waals surface area contributed by atoms with E-state index in [-0.39, 0.29) is 5.82 Å². The smallest absolute Gasteiger partial charge is 0.183 e. The highest BCUT2D eigenvalue weighted by Gasteiger charge is 2.11. The van der Waals surface area contributed by atoms with Crippen molar-refractivity contribution in [3.05, 3.63) is 53.6 Å². The summed E-state index contributed by atoms with van der Waals surface area (Å²) in [6.07, 6.45) is 1.92. The Morgan fingerprint density at radius 3 is 2.67 bits per heavy atom. The second-order valence-corrected chi connectivity index (χ2v) is 5.79. The van der Waals surface area contributed by atoms with E-state index in [4.69, 9.17) is 0 Å². The van der Waals surface area contributed by atoms with Crippen LogP contribution in [0.2, 0.25) is 0 Å². The zero-order valence-corrected chi connectivity index (χ0v) is 12.6. The molecule has 0 aliphatic carbocycles. The molecule has 0 bridgehead atoms. The summed E-state index contributed by atoms with van der Waals surface area (Å²) < 4.78 is 14.6. The normalized spacial score (nSPS) is 10.8. The third kappa shape index (κ3) is 3.11. The van der Waals surface area contributed by atoms with Gasteiger partial charge in [0.1, 0.15) is 11.5 Å². The second-order valence-electron chi connectivity index (χ2n) is 4.79. The molecule has 6 heteroatoms. The minimum atomic E-state index is -0.221. The van der Waals surface area contributed by atoms with Gasteiger partial charge in [-0.25, -0.2) is 9.37 Å². The molecule has 21 heavy (non-hydrogen) atoms. The quantitative estimate of drug-likeness (QED) is 0.800. The van der Waals surface area contributed by atoms with Crippen LogP contribution in [0, 0.1) is 12.7 Å². The molecule has 108 valence electrons. The van der Waals surface area contributed by atoms with Crippen LogP contribution >= 0.6 is 11.3 Å². The van der Waals surface area contributed by atoms with Crippen LogP contribution in [-0.4, -0.2) is 14.8 Å². The molecule has 0 radical (unpaired) electrons. The molecule has 0 saturated carbocycles. The molecule has 0 fully saturated rings. The molecule has 1 aromatic carbocycles. The standard InChI is InChI=1S/C15H15FN4S/c1-10-14(13-7-8-20(2)19-13)21-15(18-10)17-9-11-3-5-12(16)6-4-11/h3-8H,9H2,1-2H3,(H,17,18). The second kappa shape index (κ2) is 5.65. The molecule has 1 N–H and O–H groups in total. The number of thiazole rings is 1. The number of hydrogen-bond donors (Lipinski definition) is 1. The zero-order valence-electron chi connectivity index (χ0n) is 11.8. The van der Waals surface area contributed by atoms with Gasteiger partial charge in [-0.3, -0.25) is 4.68 Å². The zero-order chi connectivity index (χ0) is 14.8. The number of aryl methyl sites for hydroxylation is 2. The van der Waals surface area contributed by atoms with Gasteiger partial charge in [0, 0.05) is 19.8 Å². The number of aromatic nitrogens is 3. The van der Waals surface area contributed by atoms with Gasteiger partial charge in [-0.15, -0.1) is 0 Å². The van der Waals surface area contributed by atoms with E-state index in [0.717, 1.165) is 27.0 Å².